The van der Waals surface area contributed by atoms with Gasteiger partial charge >= 0.3 is 0 Å². The van der Waals surface area contributed by atoms with Gasteiger partial charge in [0.1, 0.15) is 0 Å². The quantitative estimate of drug-likeness (QED) is 0.540. The fourth-order valence-electron chi connectivity index (χ4n) is 3.31. The van der Waals surface area contributed by atoms with Crippen molar-refractivity contribution in [1.29, 1.82) is 0 Å². The van der Waals surface area contributed by atoms with Crippen molar-refractivity contribution in [3.63, 3.8) is 0 Å². The van der Waals surface area contributed by atoms with E-state index >= 15 is 0 Å². The number of aryl methyl sites for hydroxylation is 1. The number of hydrogen-bond acceptors (Lipinski definition) is 4. The summed E-state index contributed by atoms with van der Waals surface area (Å²) in [6.45, 7) is 13.4. The summed E-state index contributed by atoms with van der Waals surface area (Å²) in [7, 11) is 0. The fourth-order valence-corrected chi connectivity index (χ4v) is 3.31. The first-order valence-electron chi connectivity index (χ1n) is 9.62. The predicted molar refractivity (Wildman–Crippen MR) is 106 cm³/mol. The molecule has 150 valence electrons. The average molecular weight is 367 g/mol. The molecule has 0 saturated heterocycles. The lowest BCUT2D eigenvalue weighted by atomic mass is 9.67. The van der Waals surface area contributed by atoms with Gasteiger partial charge in [-0.1, -0.05) is 59.2 Å². The summed E-state index contributed by atoms with van der Waals surface area (Å²) < 4.78 is 0. The maximum Gasteiger partial charge on any atom is 0.0918 e. The van der Waals surface area contributed by atoms with Gasteiger partial charge in [0.2, 0.25) is 0 Å². The van der Waals surface area contributed by atoms with E-state index in [1.54, 1.807) is 0 Å². The first-order chi connectivity index (χ1) is 12.0. The van der Waals surface area contributed by atoms with Crippen molar-refractivity contribution in [2.75, 3.05) is 19.8 Å². The van der Waals surface area contributed by atoms with Gasteiger partial charge in [-0.15, -0.1) is 0 Å². The summed E-state index contributed by atoms with van der Waals surface area (Å²) in [5.74, 6) is 0. The van der Waals surface area contributed by atoms with Gasteiger partial charge in [-0.25, -0.2) is 0 Å². The Balaban J connectivity index is 3.91. The lowest BCUT2D eigenvalue weighted by Gasteiger charge is -2.40. The molecule has 1 aromatic rings. The van der Waals surface area contributed by atoms with Crippen LogP contribution in [0.25, 0.3) is 0 Å². The highest BCUT2D eigenvalue weighted by Gasteiger charge is 2.42. The van der Waals surface area contributed by atoms with E-state index in [2.05, 4.69) is 60.6 Å². The van der Waals surface area contributed by atoms with E-state index in [1.807, 2.05) is 0 Å². The summed E-state index contributed by atoms with van der Waals surface area (Å²) in [4.78, 5) is 0. The minimum absolute atomic E-state index is 0.187. The van der Waals surface area contributed by atoms with Gasteiger partial charge in [0.15, 0.2) is 0 Å². The summed E-state index contributed by atoms with van der Waals surface area (Å²) in [6.07, 6.45) is 0.601. The zero-order chi connectivity index (χ0) is 20.3. The van der Waals surface area contributed by atoms with Gasteiger partial charge in [-0.05, 0) is 47.3 Å². The molecule has 0 spiro atoms. The highest BCUT2D eigenvalue weighted by molar-refractivity contribution is 5.48. The van der Waals surface area contributed by atoms with Crippen molar-refractivity contribution >= 4 is 0 Å². The minimum atomic E-state index is -1.38. The molecule has 0 aliphatic heterocycles. The van der Waals surface area contributed by atoms with Gasteiger partial charge in [0.05, 0.1) is 31.3 Å². The molecule has 0 aromatic heterocycles. The number of rotatable bonds is 9. The Hall–Kier alpha value is -0.940. The minimum Gasteiger partial charge on any atom is -0.395 e. The molecule has 1 rings (SSSR count). The van der Waals surface area contributed by atoms with Crippen LogP contribution < -0.4 is 0 Å². The Bertz CT molecular complexity index is 555. The molecule has 26 heavy (non-hydrogen) atoms. The van der Waals surface area contributed by atoms with E-state index in [0.29, 0.717) is 0 Å². The second-order valence-electron chi connectivity index (χ2n) is 8.99. The molecule has 1 unspecified atom stereocenters. The Kier molecular flexibility index (Phi) is 7.45. The molecule has 1 aromatic carbocycles. The van der Waals surface area contributed by atoms with Crippen LogP contribution >= 0.6 is 0 Å². The highest BCUT2D eigenvalue weighted by atomic mass is 16.3. The van der Waals surface area contributed by atoms with Gasteiger partial charge in [0, 0.05) is 0 Å². The number of aliphatic hydroxyl groups excluding tert-OH is 4. The Morgan fingerprint density at radius 3 is 1.42 bits per heavy atom. The first-order valence-corrected chi connectivity index (χ1v) is 9.62. The second kappa shape index (κ2) is 8.39. The summed E-state index contributed by atoms with van der Waals surface area (Å²) in [6, 6.07) is 4.18. The number of aliphatic hydroxyl groups is 4. The Morgan fingerprint density at radius 2 is 1.15 bits per heavy atom. The van der Waals surface area contributed by atoms with E-state index in [-0.39, 0.29) is 10.8 Å². The third kappa shape index (κ3) is 4.14. The molecule has 0 heterocycles. The van der Waals surface area contributed by atoms with E-state index in [1.165, 1.54) is 0 Å². The van der Waals surface area contributed by atoms with Crippen LogP contribution in [0.4, 0.5) is 0 Å². The highest BCUT2D eigenvalue weighted by Crippen LogP contribution is 2.45. The molecule has 0 amide bonds. The van der Waals surface area contributed by atoms with E-state index < -0.39 is 31.3 Å². The standard InChI is InChI=1S/C22H38O4/c1-8-20(4,5)16-10-15(3)11-17(21(6,7)9-2)18(16)19(26)22(12-23,13-24)14-25/h10-11,19,23-26H,8-9,12-14H2,1-7H3. The topological polar surface area (TPSA) is 80.9 Å². The maximum absolute atomic E-state index is 11.3. The molecule has 0 aliphatic carbocycles. The number of hydrogen-bond donors (Lipinski definition) is 4. The third-order valence-electron chi connectivity index (χ3n) is 6.35. The van der Waals surface area contributed by atoms with Crippen LogP contribution in [0.1, 0.15) is 82.7 Å². The third-order valence-corrected chi connectivity index (χ3v) is 6.35. The zero-order valence-corrected chi connectivity index (χ0v) is 17.6. The van der Waals surface area contributed by atoms with Crippen LogP contribution in [-0.4, -0.2) is 40.2 Å². The molecule has 0 aliphatic rings. The summed E-state index contributed by atoms with van der Waals surface area (Å²) >= 11 is 0. The smallest absolute Gasteiger partial charge is 0.0918 e. The largest absolute Gasteiger partial charge is 0.395 e. The lowest BCUT2D eigenvalue weighted by molar-refractivity contribution is -0.0863. The van der Waals surface area contributed by atoms with Crippen molar-refractivity contribution in [2.45, 2.75) is 78.2 Å². The second-order valence-corrected chi connectivity index (χ2v) is 8.99. The molecular weight excluding hydrogens is 328 g/mol. The van der Waals surface area contributed by atoms with Crippen LogP contribution in [-0.2, 0) is 10.8 Å². The fraction of sp³-hybridized carbons (Fsp3) is 0.727. The molecule has 0 saturated carbocycles. The van der Waals surface area contributed by atoms with Crippen molar-refractivity contribution in [3.8, 4) is 0 Å². The van der Waals surface area contributed by atoms with Crippen molar-refractivity contribution in [3.05, 3.63) is 34.4 Å². The molecule has 0 fully saturated rings. The van der Waals surface area contributed by atoms with E-state index in [9.17, 15) is 20.4 Å². The van der Waals surface area contributed by atoms with Crippen molar-refractivity contribution in [2.24, 2.45) is 5.41 Å². The number of benzene rings is 1. The predicted octanol–water partition coefficient (Wildman–Crippen LogP) is 3.37. The first kappa shape index (κ1) is 23.1. The molecule has 0 radical (unpaired) electrons. The molecule has 4 nitrogen and oxygen atoms in total. The monoisotopic (exact) mass is 366 g/mol. The normalized spacial score (nSPS) is 14.6. The van der Waals surface area contributed by atoms with Crippen LogP contribution in [0, 0.1) is 12.3 Å². The van der Waals surface area contributed by atoms with Crippen LogP contribution in [0.3, 0.4) is 0 Å². The van der Waals surface area contributed by atoms with Gasteiger partial charge in [-0.3, -0.25) is 0 Å². The maximum atomic E-state index is 11.3. The molecule has 4 N–H and O–H groups in total. The van der Waals surface area contributed by atoms with E-state index in [4.69, 9.17) is 0 Å². The summed E-state index contributed by atoms with van der Waals surface area (Å²) in [5, 5.41) is 41.0. The van der Waals surface area contributed by atoms with Gasteiger partial charge < -0.3 is 20.4 Å². The average Bonchev–Trinajstić information content (AvgIpc) is 2.62. The molecule has 1 atom stereocenters. The molecular formula is C22H38O4. The van der Waals surface area contributed by atoms with E-state index in [0.717, 1.165) is 35.1 Å². The lowest BCUT2D eigenvalue weighted by Crippen LogP contribution is -2.42. The van der Waals surface area contributed by atoms with Crippen molar-refractivity contribution in [1.82, 2.24) is 0 Å². The SMILES string of the molecule is CCC(C)(C)c1cc(C)cc(C(C)(C)CC)c1C(O)C(CO)(CO)CO. The van der Waals surface area contributed by atoms with Crippen LogP contribution in [0.2, 0.25) is 0 Å². The van der Waals surface area contributed by atoms with Gasteiger partial charge in [0.25, 0.3) is 0 Å². The van der Waals surface area contributed by atoms with Crippen LogP contribution in [0.5, 0.6) is 0 Å². The van der Waals surface area contributed by atoms with Crippen LogP contribution in [0.15, 0.2) is 12.1 Å². The Morgan fingerprint density at radius 1 is 0.808 bits per heavy atom. The van der Waals surface area contributed by atoms with Gasteiger partial charge in [-0.2, -0.15) is 0 Å². The zero-order valence-electron chi connectivity index (χ0n) is 17.6. The Labute approximate surface area is 158 Å². The van der Waals surface area contributed by atoms with Crippen molar-refractivity contribution < 1.29 is 20.4 Å². The summed E-state index contributed by atoms with van der Waals surface area (Å²) in [5.41, 5.74) is 2.14. The molecule has 4 heteroatoms. The molecule has 0 bridgehead atoms.